The van der Waals surface area contributed by atoms with Crippen molar-refractivity contribution in [2.75, 3.05) is 13.1 Å². The van der Waals surface area contributed by atoms with Crippen LogP contribution in [0.1, 0.15) is 53.7 Å². The molecule has 0 aliphatic carbocycles. The van der Waals surface area contributed by atoms with E-state index in [0.717, 1.165) is 53.7 Å². The van der Waals surface area contributed by atoms with Crippen LogP contribution in [-0.4, -0.2) is 43.9 Å². The van der Waals surface area contributed by atoms with Crippen molar-refractivity contribution >= 4 is 5.71 Å². The highest BCUT2D eigenvalue weighted by atomic mass is 15.2. The van der Waals surface area contributed by atoms with Crippen LogP contribution in [0.4, 0.5) is 0 Å². The zero-order valence-corrected chi connectivity index (χ0v) is 18.8. The van der Waals surface area contributed by atoms with E-state index < -0.39 is 0 Å². The maximum atomic E-state index is 4.84. The maximum absolute atomic E-state index is 4.84. The lowest BCUT2D eigenvalue weighted by molar-refractivity contribution is 0.318. The molecule has 2 atom stereocenters. The van der Waals surface area contributed by atoms with Gasteiger partial charge in [0.2, 0.25) is 0 Å². The molecule has 1 fully saturated rings. The number of aryl methyl sites for hydroxylation is 2. The molecule has 3 heterocycles. The molecule has 0 spiro atoms. The van der Waals surface area contributed by atoms with Gasteiger partial charge >= 0.3 is 0 Å². The minimum atomic E-state index is 0.314. The van der Waals surface area contributed by atoms with Crippen molar-refractivity contribution in [1.82, 2.24) is 25.1 Å². The van der Waals surface area contributed by atoms with E-state index in [0.29, 0.717) is 18.4 Å². The summed E-state index contributed by atoms with van der Waals surface area (Å²) in [5, 5.41) is 9.02. The molecule has 2 unspecified atom stereocenters. The van der Waals surface area contributed by atoms with Crippen molar-refractivity contribution in [2.45, 2.75) is 46.7 Å². The average molecular weight is 415 g/mol. The molecule has 31 heavy (non-hydrogen) atoms. The van der Waals surface area contributed by atoms with E-state index >= 15 is 0 Å². The predicted octanol–water partition coefficient (Wildman–Crippen LogP) is 4.13. The van der Waals surface area contributed by atoms with Gasteiger partial charge in [-0.25, -0.2) is 4.98 Å². The molecule has 2 aromatic heterocycles. The van der Waals surface area contributed by atoms with Crippen LogP contribution in [0.5, 0.6) is 0 Å². The molecule has 0 N–H and O–H groups in total. The van der Waals surface area contributed by atoms with Crippen LogP contribution in [0.15, 0.2) is 53.8 Å². The largest absolute Gasteiger partial charge is 0.298 e. The first-order valence-electron chi connectivity index (χ1n) is 10.9. The molecule has 160 valence electrons. The topological polar surface area (TPSA) is 67.2 Å². The molecule has 1 aromatic carbocycles. The molecule has 0 radical (unpaired) electrons. The van der Waals surface area contributed by atoms with Gasteiger partial charge in [0, 0.05) is 49.2 Å². The first-order chi connectivity index (χ1) is 15.0. The Bertz CT molecular complexity index is 1060. The van der Waals surface area contributed by atoms with E-state index in [2.05, 4.69) is 57.3 Å². The molecule has 0 bridgehead atoms. The first kappa shape index (κ1) is 21.2. The van der Waals surface area contributed by atoms with E-state index in [1.165, 1.54) is 5.56 Å². The molecule has 1 aliphatic heterocycles. The summed E-state index contributed by atoms with van der Waals surface area (Å²) in [5.41, 5.74) is 6.31. The van der Waals surface area contributed by atoms with Crippen molar-refractivity contribution in [1.29, 1.82) is 0 Å². The van der Waals surface area contributed by atoms with Gasteiger partial charge in [-0.15, -0.1) is 10.2 Å². The first-order valence-corrected chi connectivity index (χ1v) is 10.9. The highest BCUT2D eigenvalue weighted by molar-refractivity contribution is 5.99. The van der Waals surface area contributed by atoms with Gasteiger partial charge in [0.15, 0.2) is 5.82 Å². The lowest BCUT2D eigenvalue weighted by atomic mass is 9.97. The third kappa shape index (κ3) is 5.02. The number of hydrogen-bond donors (Lipinski definition) is 0. The number of aliphatic imine (C=N–C) groups is 1. The summed E-state index contributed by atoms with van der Waals surface area (Å²) in [7, 11) is 0. The summed E-state index contributed by atoms with van der Waals surface area (Å²) in [6.45, 7) is 11.8. The minimum absolute atomic E-state index is 0.314. The highest BCUT2D eigenvalue weighted by Crippen LogP contribution is 2.31. The molecule has 6 nitrogen and oxygen atoms in total. The fourth-order valence-electron chi connectivity index (χ4n) is 4.28. The third-order valence-electron chi connectivity index (χ3n) is 6.12. The van der Waals surface area contributed by atoms with Crippen LogP contribution >= 0.6 is 0 Å². The van der Waals surface area contributed by atoms with E-state index in [1.807, 2.05) is 33.0 Å². The Balaban J connectivity index is 1.44. The van der Waals surface area contributed by atoms with Crippen LogP contribution in [0.25, 0.3) is 0 Å². The van der Waals surface area contributed by atoms with Gasteiger partial charge in [0.25, 0.3) is 0 Å². The Morgan fingerprint density at radius 2 is 1.90 bits per heavy atom. The number of aromatic nitrogens is 4. The van der Waals surface area contributed by atoms with Gasteiger partial charge in [-0.3, -0.25) is 14.9 Å². The zero-order valence-electron chi connectivity index (χ0n) is 18.8. The fourth-order valence-corrected chi connectivity index (χ4v) is 4.28. The number of likely N-dealkylation sites (tertiary alicyclic amines) is 1. The molecule has 1 saturated heterocycles. The Morgan fingerprint density at radius 3 is 2.65 bits per heavy atom. The monoisotopic (exact) mass is 414 g/mol. The van der Waals surface area contributed by atoms with Gasteiger partial charge in [-0.05, 0) is 43.9 Å². The second kappa shape index (κ2) is 9.43. The number of pyridine rings is 1. The molecule has 6 heteroatoms. The number of hydrogen-bond acceptors (Lipinski definition) is 6. The van der Waals surface area contributed by atoms with Crippen LogP contribution in [0.2, 0.25) is 0 Å². The second-order valence-electron chi connectivity index (χ2n) is 8.56. The van der Waals surface area contributed by atoms with Crippen LogP contribution in [0, 0.1) is 19.8 Å². The van der Waals surface area contributed by atoms with Crippen LogP contribution < -0.4 is 0 Å². The third-order valence-corrected chi connectivity index (χ3v) is 6.12. The maximum Gasteiger partial charge on any atom is 0.155 e. The van der Waals surface area contributed by atoms with Gasteiger partial charge in [0.1, 0.15) is 5.69 Å². The number of benzene rings is 1. The molecule has 3 aromatic rings. The van der Waals surface area contributed by atoms with Crippen molar-refractivity contribution in [2.24, 2.45) is 10.9 Å². The molecule has 4 rings (SSSR count). The highest BCUT2D eigenvalue weighted by Gasteiger charge is 2.33. The van der Waals surface area contributed by atoms with Crippen LogP contribution in [-0.2, 0) is 13.1 Å². The van der Waals surface area contributed by atoms with Crippen molar-refractivity contribution in [3.8, 4) is 0 Å². The van der Waals surface area contributed by atoms with Gasteiger partial charge in [-0.1, -0.05) is 37.3 Å². The Labute approximate surface area is 184 Å². The summed E-state index contributed by atoms with van der Waals surface area (Å²) >= 11 is 0. The fraction of sp³-hybridized carbons (Fsp3) is 0.400. The Kier molecular flexibility index (Phi) is 6.47. The van der Waals surface area contributed by atoms with Crippen molar-refractivity contribution in [3.63, 3.8) is 0 Å². The van der Waals surface area contributed by atoms with E-state index in [-0.39, 0.29) is 0 Å². The quantitative estimate of drug-likeness (QED) is 0.568. The molecule has 1 aliphatic rings. The van der Waals surface area contributed by atoms with Gasteiger partial charge < -0.3 is 0 Å². The zero-order chi connectivity index (χ0) is 21.8. The van der Waals surface area contributed by atoms with Gasteiger partial charge in [0.05, 0.1) is 12.2 Å². The Hall–Kier alpha value is -2.99. The lowest BCUT2D eigenvalue weighted by Gasteiger charge is -2.15. The summed E-state index contributed by atoms with van der Waals surface area (Å²) in [6.07, 6.45) is 3.66. The van der Waals surface area contributed by atoms with E-state index in [1.54, 1.807) is 6.20 Å². The summed E-state index contributed by atoms with van der Waals surface area (Å²) < 4.78 is 0. The smallest absolute Gasteiger partial charge is 0.155 e. The minimum Gasteiger partial charge on any atom is -0.298 e. The van der Waals surface area contributed by atoms with Crippen LogP contribution in [0.3, 0.4) is 0 Å². The summed E-state index contributed by atoms with van der Waals surface area (Å²) in [5.74, 6) is 1.68. The second-order valence-corrected chi connectivity index (χ2v) is 8.56. The molecular formula is C25H30N6. The van der Waals surface area contributed by atoms with Crippen molar-refractivity contribution < 1.29 is 0 Å². The SMILES string of the molecule is CC(=NCc1nnc(C2CN(Cc3ccccc3)CC2C)nc1C)c1ccncc1C. The summed E-state index contributed by atoms with van der Waals surface area (Å²) in [4.78, 5) is 16.2. The van der Waals surface area contributed by atoms with E-state index in [4.69, 9.17) is 9.98 Å². The van der Waals surface area contributed by atoms with E-state index in [9.17, 15) is 0 Å². The van der Waals surface area contributed by atoms with Gasteiger partial charge in [-0.2, -0.15) is 0 Å². The van der Waals surface area contributed by atoms with Crippen molar-refractivity contribution in [3.05, 3.63) is 82.7 Å². The predicted molar refractivity (Wildman–Crippen MR) is 123 cm³/mol. The summed E-state index contributed by atoms with van der Waals surface area (Å²) in [6, 6.07) is 12.6. The number of nitrogens with zero attached hydrogens (tertiary/aromatic N) is 6. The molecule has 0 amide bonds. The number of rotatable bonds is 6. The normalized spacial score (nSPS) is 19.7. The standard InChI is InChI=1S/C25H30N6/c1-17-12-26-11-10-22(17)19(3)27-13-24-20(4)28-25(30-29-24)23-16-31(14-18(23)2)15-21-8-6-5-7-9-21/h5-12,18,23H,13-16H2,1-4H3. The Morgan fingerprint density at radius 1 is 1.10 bits per heavy atom. The lowest BCUT2D eigenvalue weighted by Crippen LogP contribution is -2.20. The molecule has 0 saturated carbocycles. The average Bonchev–Trinajstić information content (AvgIpc) is 3.13. The molecular weight excluding hydrogens is 384 g/mol.